The van der Waals surface area contributed by atoms with E-state index in [0.29, 0.717) is 13.2 Å². The highest BCUT2D eigenvalue weighted by Gasteiger charge is 2.28. The van der Waals surface area contributed by atoms with Gasteiger partial charge in [-0.2, -0.15) is 0 Å². The van der Waals surface area contributed by atoms with Crippen molar-refractivity contribution in [1.29, 1.82) is 0 Å². The molecule has 0 aromatic heterocycles. The van der Waals surface area contributed by atoms with Gasteiger partial charge in [0.25, 0.3) is 0 Å². The molecule has 3 nitrogen and oxygen atoms in total. The van der Waals surface area contributed by atoms with Crippen LogP contribution in [0.15, 0.2) is 6.07 Å². The van der Waals surface area contributed by atoms with Gasteiger partial charge in [-0.05, 0) is 24.8 Å². The Morgan fingerprint density at radius 2 is 2.12 bits per heavy atom. The second kappa shape index (κ2) is 3.82. The van der Waals surface area contributed by atoms with Crippen LogP contribution in [0.5, 0.6) is 11.5 Å². The molecule has 2 aliphatic rings. The molecule has 0 saturated carbocycles. The van der Waals surface area contributed by atoms with Crippen LogP contribution in [-0.2, 0) is 6.42 Å². The van der Waals surface area contributed by atoms with E-state index < -0.39 is 0 Å². The van der Waals surface area contributed by atoms with E-state index in [1.165, 1.54) is 0 Å². The molecule has 3 rings (SSSR count). The fourth-order valence-corrected chi connectivity index (χ4v) is 2.80. The first kappa shape index (κ1) is 10.2. The van der Waals surface area contributed by atoms with E-state index in [0.717, 1.165) is 46.9 Å². The standard InChI is InChI=1S/C12H14ClNO2/c13-8-6-10-12(16-5-4-15-10)11-7(8)2-1-3-9(11)14/h6,9H,1-5,14H2/t9-/m1/s1. The minimum Gasteiger partial charge on any atom is -0.486 e. The maximum Gasteiger partial charge on any atom is 0.166 e. The number of ether oxygens (including phenoxy) is 2. The van der Waals surface area contributed by atoms with E-state index in [2.05, 4.69) is 0 Å². The minimum atomic E-state index is 0.0258. The highest BCUT2D eigenvalue weighted by Crippen LogP contribution is 2.45. The van der Waals surface area contributed by atoms with Gasteiger partial charge in [0.15, 0.2) is 11.5 Å². The lowest BCUT2D eigenvalue weighted by Crippen LogP contribution is -2.23. The van der Waals surface area contributed by atoms with Crippen molar-refractivity contribution < 1.29 is 9.47 Å². The first-order valence-corrected chi connectivity index (χ1v) is 6.01. The molecule has 1 heterocycles. The van der Waals surface area contributed by atoms with E-state index >= 15 is 0 Å². The molecule has 0 bridgehead atoms. The Balaban J connectivity index is 2.21. The van der Waals surface area contributed by atoms with Crippen molar-refractivity contribution in [3.05, 3.63) is 22.2 Å². The average molecular weight is 240 g/mol. The minimum absolute atomic E-state index is 0.0258. The van der Waals surface area contributed by atoms with Gasteiger partial charge in [0.05, 0.1) is 0 Å². The first-order valence-electron chi connectivity index (χ1n) is 5.64. The maximum atomic E-state index is 6.25. The molecular weight excluding hydrogens is 226 g/mol. The average Bonchev–Trinajstić information content (AvgIpc) is 2.30. The Hall–Kier alpha value is -0.930. The summed E-state index contributed by atoms with van der Waals surface area (Å²) in [6.45, 7) is 1.17. The van der Waals surface area contributed by atoms with Gasteiger partial charge in [-0.25, -0.2) is 0 Å². The van der Waals surface area contributed by atoms with Crippen LogP contribution in [0.25, 0.3) is 0 Å². The Labute approximate surface area is 99.5 Å². The monoisotopic (exact) mass is 239 g/mol. The summed E-state index contributed by atoms with van der Waals surface area (Å²) in [5.41, 5.74) is 8.35. The van der Waals surface area contributed by atoms with E-state index in [4.69, 9.17) is 26.8 Å². The molecule has 1 aliphatic heterocycles. The molecule has 0 radical (unpaired) electrons. The van der Waals surface area contributed by atoms with Crippen LogP contribution in [0, 0.1) is 0 Å². The Kier molecular flexibility index (Phi) is 2.45. The van der Waals surface area contributed by atoms with Gasteiger partial charge in [0.2, 0.25) is 0 Å². The second-order valence-electron chi connectivity index (χ2n) is 4.27. The SMILES string of the molecule is N[C@@H]1CCCc2c(Cl)cc3c(c21)OCCO3. The van der Waals surface area contributed by atoms with Crippen LogP contribution in [-0.4, -0.2) is 13.2 Å². The lowest BCUT2D eigenvalue weighted by atomic mass is 9.87. The van der Waals surface area contributed by atoms with Crippen molar-refractivity contribution in [3.63, 3.8) is 0 Å². The molecule has 0 saturated heterocycles. The molecule has 86 valence electrons. The Morgan fingerprint density at radius 3 is 3.00 bits per heavy atom. The molecular formula is C12H14ClNO2. The molecule has 0 fully saturated rings. The molecule has 2 N–H and O–H groups in total. The van der Waals surface area contributed by atoms with E-state index in [1.807, 2.05) is 6.07 Å². The van der Waals surface area contributed by atoms with Crippen molar-refractivity contribution >= 4 is 11.6 Å². The van der Waals surface area contributed by atoms with Gasteiger partial charge in [0.1, 0.15) is 13.2 Å². The predicted molar refractivity (Wildman–Crippen MR) is 62.3 cm³/mol. The maximum absolute atomic E-state index is 6.25. The van der Waals surface area contributed by atoms with E-state index in [1.54, 1.807) is 0 Å². The summed E-state index contributed by atoms with van der Waals surface area (Å²) in [5, 5.41) is 0.759. The van der Waals surface area contributed by atoms with E-state index in [9.17, 15) is 0 Å². The first-order chi connectivity index (χ1) is 7.77. The third-order valence-electron chi connectivity index (χ3n) is 3.24. The molecule has 1 aromatic carbocycles. The topological polar surface area (TPSA) is 44.5 Å². The quantitative estimate of drug-likeness (QED) is 0.756. The number of benzene rings is 1. The second-order valence-corrected chi connectivity index (χ2v) is 4.68. The van der Waals surface area contributed by atoms with Crippen LogP contribution >= 0.6 is 11.6 Å². The summed E-state index contributed by atoms with van der Waals surface area (Å²) >= 11 is 6.25. The lowest BCUT2D eigenvalue weighted by molar-refractivity contribution is 0.168. The third kappa shape index (κ3) is 1.46. The zero-order chi connectivity index (χ0) is 11.1. The van der Waals surface area contributed by atoms with Crippen molar-refractivity contribution in [3.8, 4) is 11.5 Å². The highest BCUT2D eigenvalue weighted by atomic mass is 35.5. The number of fused-ring (bicyclic) bond motifs is 3. The van der Waals surface area contributed by atoms with Gasteiger partial charge in [-0.3, -0.25) is 0 Å². The summed E-state index contributed by atoms with van der Waals surface area (Å²) in [4.78, 5) is 0. The molecule has 1 aliphatic carbocycles. The number of hydrogen-bond donors (Lipinski definition) is 1. The molecule has 0 spiro atoms. The fourth-order valence-electron chi connectivity index (χ4n) is 2.51. The molecule has 1 aromatic rings. The van der Waals surface area contributed by atoms with Gasteiger partial charge < -0.3 is 15.2 Å². The van der Waals surface area contributed by atoms with Crippen LogP contribution in [0.3, 0.4) is 0 Å². The summed E-state index contributed by atoms with van der Waals surface area (Å²) in [5.74, 6) is 1.56. The summed E-state index contributed by atoms with van der Waals surface area (Å²) in [6, 6.07) is 1.88. The van der Waals surface area contributed by atoms with E-state index in [-0.39, 0.29) is 6.04 Å². The fraction of sp³-hybridized carbons (Fsp3) is 0.500. The van der Waals surface area contributed by atoms with Crippen molar-refractivity contribution in [2.45, 2.75) is 25.3 Å². The zero-order valence-electron chi connectivity index (χ0n) is 8.96. The molecule has 0 amide bonds. The summed E-state index contributed by atoms with van der Waals surface area (Å²) in [7, 11) is 0. The number of halogens is 1. The molecule has 4 heteroatoms. The van der Waals surface area contributed by atoms with Crippen LogP contribution in [0.2, 0.25) is 5.02 Å². The molecule has 0 unspecified atom stereocenters. The van der Waals surface area contributed by atoms with Crippen molar-refractivity contribution in [1.82, 2.24) is 0 Å². The largest absolute Gasteiger partial charge is 0.486 e. The lowest BCUT2D eigenvalue weighted by Gasteiger charge is -2.29. The summed E-state index contributed by atoms with van der Waals surface area (Å²) < 4.78 is 11.2. The van der Waals surface area contributed by atoms with Crippen LogP contribution in [0.4, 0.5) is 0 Å². The normalized spacial score (nSPS) is 22.8. The molecule has 16 heavy (non-hydrogen) atoms. The zero-order valence-corrected chi connectivity index (χ0v) is 9.72. The molecule has 1 atom stereocenters. The third-order valence-corrected chi connectivity index (χ3v) is 3.58. The van der Waals surface area contributed by atoms with Crippen LogP contribution < -0.4 is 15.2 Å². The van der Waals surface area contributed by atoms with Gasteiger partial charge >= 0.3 is 0 Å². The number of nitrogens with two attached hydrogens (primary N) is 1. The van der Waals surface area contributed by atoms with Gasteiger partial charge in [0, 0.05) is 22.7 Å². The van der Waals surface area contributed by atoms with Crippen LogP contribution in [0.1, 0.15) is 30.0 Å². The Bertz CT molecular complexity index is 434. The predicted octanol–water partition coefficient (Wildman–Crippen LogP) is 2.45. The van der Waals surface area contributed by atoms with Crippen molar-refractivity contribution in [2.75, 3.05) is 13.2 Å². The van der Waals surface area contributed by atoms with Gasteiger partial charge in [-0.1, -0.05) is 11.6 Å². The smallest absolute Gasteiger partial charge is 0.166 e. The highest BCUT2D eigenvalue weighted by molar-refractivity contribution is 6.31. The van der Waals surface area contributed by atoms with Gasteiger partial charge in [-0.15, -0.1) is 0 Å². The Morgan fingerprint density at radius 1 is 1.31 bits per heavy atom. The summed E-state index contributed by atoms with van der Waals surface area (Å²) in [6.07, 6.45) is 3.06. The number of rotatable bonds is 0. The number of hydrogen-bond acceptors (Lipinski definition) is 3. The van der Waals surface area contributed by atoms with Crippen molar-refractivity contribution in [2.24, 2.45) is 5.73 Å².